The third-order valence-corrected chi connectivity index (χ3v) is 4.07. The van der Waals surface area contributed by atoms with Crippen LogP contribution >= 0.6 is 43.2 Å². The predicted octanol–water partition coefficient (Wildman–Crippen LogP) is 3.55. The van der Waals surface area contributed by atoms with E-state index >= 15 is 0 Å². The molecule has 0 saturated heterocycles. The molecule has 1 saturated carbocycles. The summed E-state index contributed by atoms with van der Waals surface area (Å²) in [7, 11) is 0. The first-order chi connectivity index (χ1) is 4.77. The zero-order chi connectivity index (χ0) is 7.14. The van der Waals surface area contributed by atoms with Gasteiger partial charge in [0, 0.05) is 4.88 Å². The topological polar surface area (TPSA) is 12.9 Å². The van der Waals surface area contributed by atoms with Gasteiger partial charge < -0.3 is 0 Å². The smallest absolute Gasteiger partial charge is 0.160 e. The minimum absolute atomic E-state index is 0.804. The van der Waals surface area contributed by atoms with Crippen molar-refractivity contribution < 1.29 is 0 Å². The number of hydrogen-bond donors (Lipinski definition) is 0. The summed E-state index contributed by atoms with van der Waals surface area (Å²) in [5.74, 6) is 0.804. The molecule has 1 aliphatic rings. The highest BCUT2D eigenvalue weighted by Crippen LogP contribution is 2.46. The lowest BCUT2D eigenvalue weighted by Gasteiger charge is -1.86. The van der Waals surface area contributed by atoms with Gasteiger partial charge in [0.2, 0.25) is 0 Å². The maximum atomic E-state index is 4.22. The van der Waals surface area contributed by atoms with Crippen molar-refractivity contribution in [1.29, 1.82) is 0 Å². The lowest BCUT2D eigenvalue weighted by Crippen LogP contribution is -1.70. The molecule has 1 aromatic rings. The Kier molecular flexibility index (Phi) is 1.86. The Labute approximate surface area is 80.1 Å². The fraction of sp³-hybridized carbons (Fsp3) is 0.500. The Hall–Kier alpha value is 0.590. The van der Waals surface area contributed by atoms with E-state index in [1.807, 2.05) is 0 Å². The van der Waals surface area contributed by atoms with Gasteiger partial charge in [-0.15, -0.1) is 11.3 Å². The lowest BCUT2D eigenvalue weighted by molar-refractivity contribution is 1.13. The molecule has 0 aliphatic heterocycles. The third-order valence-electron chi connectivity index (χ3n) is 1.53. The van der Waals surface area contributed by atoms with Gasteiger partial charge in [-0.05, 0) is 50.6 Å². The van der Waals surface area contributed by atoms with E-state index in [0.29, 0.717) is 0 Å². The third kappa shape index (κ3) is 1.29. The van der Waals surface area contributed by atoms with Gasteiger partial charge in [0.25, 0.3) is 0 Å². The van der Waals surface area contributed by atoms with Gasteiger partial charge >= 0.3 is 0 Å². The number of hydrogen-bond acceptors (Lipinski definition) is 2. The first kappa shape index (κ1) is 7.25. The highest BCUT2D eigenvalue weighted by molar-refractivity contribution is 9.11. The zero-order valence-corrected chi connectivity index (χ0v) is 9.09. The molecule has 0 N–H and O–H groups in total. The molecule has 1 heterocycles. The van der Waals surface area contributed by atoms with E-state index in [0.717, 1.165) is 14.4 Å². The first-order valence-electron chi connectivity index (χ1n) is 3.09. The predicted molar refractivity (Wildman–Crippen MR) is 49.5 cm³/mol. The molecule has 1 aliphatic carbocycles. The molecular formula is C6H5Br2NS. The lowest BCUT2D eigenvalue weighted by atomic mass is 10.4. The molecular weight excluding hydrogens is 278 g/mol. The summed E-state index contributed by atoms with van der Waals surface area (Å²) in [6.45, 7) is 0. The highest BCUT2D eigenvalue weighted by Gasteiger charge is 2.28. The van der Waals surface area contributed by atoms with E-state index in [-0.39, 0.29) is 0 Å². The Bertz CT molecular complexity index is 254. The van der Waals surface area contributed by atoms with Crippen LogP contribution in [-0.2, 0) is 0 Å². The number of nitrogens with zero attached hydrogens (tertiary/aromatic N) is 1. The van der Waals surface area contributed by atoms with Crippen molar-refractivity contribution in [3.05, 3.63) is 13.4 Å². The summed E-state index contributed by atoms with van der Waals surface area (Å²) >= 11 is 8.53. The quantitative estimate of drug-likeness (QED) is 0.768. The number of thiazole rings is 1. The second kappa shape index (κ2) is 2.57. The second-order valence-corrected chi connectivity index (χ2v) is 5.45. The SMILES string of the molecule is Brc1nc(Br)c(C2CC2)s1. The maximum Gasteiger partial charge on any atom is 0.160 e. The van der Waals surface area contributed by atoms with Crippen molar-refractivity contribution in [3.8, 4) is 0 Å². The number of rotatable bonds is 1. The van der Waals surface area contributed by atoms with Gasteiger partial charge in [-0.2, -0.15) is 0 Å². The van der Waals surface area contributed by atoms with Gasteiger partial charge in [-0.25, -0.2) is 4.98 Å². The van der Waals surface area contributed by atoms with E-state index in [1.54, 1.807) is 11.3 Å². The monoisotopic (exact) mass is 281 g/mol. The van der Waals surface area contributed by atoms with Crippen molar-refractivity contribution >= 4 is 43.2 Å². The minimum Gasteiger partial charge on any atom is -0.222 e. The molecule has 0 aromatic carbocycles. The molecule has 0 radical (unpaired) electrons. The maximum absolute atomic E-state index is 4.22. The van der Waals surface area contributed by atoms with Crippen LogP contribution in [-0.4, -0.2) is 4.98 Å². The average Bonchev–Trinajstić information content (AvgIpc) is 2.61. The second-order valence-electron chi connectivity index (χ2n) is 2.40. The van der Waals surface area contributed by atoms with Crippen LogP contribution in [0.3, 0.4) is 0 Å². The van der Waals surface area contributed by atoms with Crippen LogP contribution in [0.15, 0.2) is 8.52 Å². The van der Waals surface area contributed by atoms with E-state index in [4.69, 9.17) is 0 Å². The molecule has 1 nitrogen and oxygen atoms in total. The van der Waals surface area contributed by atoms with Crippen molar-refractivity contribution in [2.75, 3.05) is 0 Å². The number of halogens is 2. The molecule has 54 valence electrons. The average molecular weight is 283 g/mol. The van der Waals surface area contributed by atoms with E-state index in [2.05, 4.69) is 36.8 Å². The molecule has 1 aromatic heterocycles. The standard InChI is InChI=1S/C6H5Br2NS/c7-5-4(3-1-2-3)10-6(8)9-5/h3H,1-2H2. The van der Waals surface area contributed by atoms with E-state index in [9.17, 15) is 0 Å². The van der Waals surface area contributed by atoms with Gasteiger partial charge in [0.05, 0.1) is 0 Å². The molecule has 10 heavy (non-hydrogen) atoms. The molecule has 0 amide bonds. The summed E-state index contributed by atoms with van der Waals surface area (Å²) in [5, 5.41) is 0. The fourth-order valence-electron chi connectivity index (χ4n) is 0.885. The fourth-order valence-corrected chi connectivity index (χ4v) is 3.54. The molecule has 0 bridgehead atoms. The van der Waals surface area contributed by atoms with Crippen LogP contribution in [0.2, 0.25) is 0 Å². The van der Waals surface area contributed by atoms with Crippen molar-refractivity contribution in [2.24, 2.45) is 0 Å². The summed E-state index contributed by atoms with van der Waals surface area (Å²) in [5.41, 5.74) is 0. The van der Waals surface area contributed by atoms with Gasteiger partial charge in [0.15, 0.2) is 3.92 Å². The van der Waals surface area contributed by atoms with Gasteiger partial charge in [0.1, 0.15) is 4.60 Å². The van der Waals surface area contributed by atoms with Crippen LogP contribution in [0.4, 0.5) is 0 Å². The molecule has 4 heteroatoms. The van der Waals surface area contributed by atoms with Crippen LogP contribution in [0.25, 0.3) is 0 Å². The summed E-state index contributed by atoms with van der Waals surface area (Å²) < 4.78 is 2.02. The largest absolute Gasteiger partial charge is 0.222 e. The Morgan fingerprint density at radius 2 is 2.10 bits per heavy atom. The summed E-state index contributed by atoms with van der Waals surface area (Å²) in [4.78, 5) is 5.63. The molecule has 0 spiro atoms. The molecule has 0 unspecified atom stereocenters. The van der Waals surface area contributed by atoms with Crippen LogP contribution in [0, 0.1) is 0 Å². The van der Waals surface area contributed by atoms with Crippen LogP contribution < -0.4 is 0 Å². The Morgan fingerprint density at radius 3 is 2.50 bits per heavy atom. The molecule has 2 rings (SSSR count). The van der Waals surface area contributed by atoms with E-state index in [1.165, 1.54) is 17.7 Å². The van der Waals surface area contributed by atoms with Gasteiger partial charge in [-0.3, -0.25) is 0 Å². The van der Waals surface area contributed by atoms with Crippen molar-refractivity contribution in [3.63, 3.8) is 0 Å². The molecule has 0 atom stereocenters. The van der Waals surface area contributed by atoms with Crippen LogP contribution in [0.1, 0.15) is 23.6 Å². The minimum atomic E-state index is 0.804. The normalized spacial score (nSPS) is 17.8. The van der Waals surface area contributed by atoms with Crippen LogP contribution in [0.5, 0.6) is 0 Å². The highest BCUT2D eigenvalue weighted by atomic mass is 79.9. The first-order valence-corrected chi connectivity index (χ1v) is 5.49. The molecule has 1 fully saturated rings. The van der Waals surface area contributed by atoms with Gasteiger partial charge in [-0.1, -0.05) is 0 Å². The van der Waals surface area contributed by atoms with Crippen molar-refractivity contribution in [2.45, 2.75) is 18.8 Å². The number of aromatic nitrogens is 1. The van der Waals surface area contributed by atoms with Crippen molar-refractivity contribution in [1.82, 2.24) is 4.98 Å². The van der Waals surface area contributed by atoms with E-state index < -0.39 is 0 Å². The summed E-state index contributed by atoms with van der Waals surface area (Å²) in [6.07, 6.45) is 2.68. The Balaban J connectivity index is 2.38. The summed E-state index contributed by atoms with van der Waals surface area (Å²) in [6, 6.07) is 0. The Morgan fingerprint density at radius 1 is 1.40 bits per heavy atom. The zero-order valence-electron chi connectivity index (χ0n) is 5.10.